The summed E-state index contributed by atoms with van der Waals surface area (Å²) in [5.41, 5.74) is 2.10. The van der Waals surface area contributed by atoms with Gasteiger partial charge in [0.25, 0.3) is 0 Å². The number of allylic oxidation sites excluding steroid dienone is 2. The lowest BCUT2D eigenvalue weighted by Gasteiger charge is -2.23. The average molecular weight is 327 g/mol. The van der Waals surface area contributed by atoms with Crippen LogP contribution in [0.1, 0.15) is 13.8 Å². The number of para-hydroxylation sites is 2. The summed E-state index contributed by atoms with van der Waals surface area (Å²) in [6, 6.07) is 9.92. The fourth-order valence-corrected chi connectivity index (χ4v) is 2.68. The first-order chi connectivity index (χ1) is 11.7. The molecule has 0 saturated carbocycles. The second-order valence-corrected chi connectivity index (χ2v) is 5.05. The molecule has 1 aliphatic rings. The normalized spacial score (nSPS) is 13.6. The highest BCUT2D eigenvalue weighted by Gasteiger charge is 2.28. The van der Waals surface area contributed by atoms with E-state index in [9.17, 15) is 4.79 Å². The topological polar surface area (TPSA) is 76.8 Å². The van der Waals surface area contributed by atoms with Crippen molar-refractivity contribution < 1.29 is 14.6 Å². The molecule has 0 bridgehead atoms. The summed E-state index contributed by atoms with van der Waals surface area (Å²) in [6.45, 7) is 5.24. The molecule has 0 fully saturated rings. The Morgan fingerprint density at radius 1 is 1.25 bits per heavy atom. The van der Waals surface area contributed by atoms with Gasteiger partial charge in [0.05, 0.1) is 18.0 Å². The zero-order chi connectivity index (χ0) is 17.5. The number of hydrogen-bond acceptors (Lipinski definition) is 6. The third-order valence-corrected chi connectivity index (χ3v) is 3.71. The first-order valence-corrected chi connectivity index (χ1v) is 7.92. The molecule has 1 N–H and O–H groups in total. The number of hydrogen-bond donors (Lipinski definition) is 1. The van der Waals surface area contributed by atoms with E-state index in [1.807, 2.05) is 44.2 Å². The van der Waals surface area contributed by atoms with Crippen molar-refractivity contribution >= 4 is 17.3 Å². The van der Waals surface area contributed by atoms with Crippen molar-refractivity contribution in [3.05, 3.63) is 47.8 Å². The Morgan fingerprint density at radius 3 is 2.29 bits per heavy atom. The first kappa shape index (κ1) is 17.6. The molecule has 0 atom stereocenters. The number of fused-ring (bicyclic) bond motifs is 1. The SMILES string of the molecule is CCN1C(=C/C=C(\C#N)C(=O)OCCO)N(CC)c2ccccc21. The molecule has 1 aromatic rings. The van der Waals surface area contributed by atoms with Gasteiger partial charge in [-0.1, -0.05) is 12.1 Å². The highest BCUT2D eigenvalue weighted by atomic mass is 16.5. The number of nitriles is 1. The third kappa shape index (κ3) is 3.42. The average Bonchev–Trinajstić information content (AvgIpc) is 2.92. The lowest BCUT2D eigenvalue weighted by atomic mass is 10.2. The molecule has 0 spiro atoms. The molecule has 2 rings (SSSR count). The van der Waals surface area contributed by atoms with Gasteiger partial charge in [-0.15, -0.1) is 0 Å². The predicted molar refractivity (Wildman–Crippen MR) is 92.3 cm³/mol. The first-order valence-electron chi connectivity index (χ1n) is 7.92. The van der Waals surface area contributed by atoms with Crippen LogP contribution in [-0.2, 0) is 9.53 Å². The molecule has 0 aromatic heterocycles. The summed E-state index contributed by atoms with van der Waals surface area (Å²) >= 11 is 0. The van der Waals surface area contributed by atoms with Gasteiger partial charge >= 0.3 is 5.97 Å². The Labute approximate surface area is 141 Å². The van der Waals surface area contributed by atoms with E-state index >= 15 is 0 Å². The molecule has 6 nitrogen and oxygen atoms in total. The second-order valence-electron chi connectivity index (χ2n) is 5.05. The maximum Gasteiger partial charge on any atom is 0.348 e. The highest BCUT2D eigenvalue weighted by molar-refractivity contribution is 5.93. The van der Waals surface area contributed by atoms with Crippen LogP contribution in [0.15, 0.2) is 47.8 Å². The zero-order valence-electron chi connectivity index (χ0n) is 13.9. The summed E-state index contributed by atoms with van der Waals surface area (Å²) in [5, 5.41) is 17.9. The molecule has 0 amide bonds. The number of nitrogens with zero attached hydrogens (tertiary/aromatic N) is 3. The van der Waals surface area contributed by atoms with Crippen LogP contribution in [0.25, 0.3) is 0 Å². The number of rotatable bonds is 6. The minimum atomic E-state index is -0.731. The van der Waals surface area contributed by atoms with Crippen molar-refractivity contribution in [1.82, 2.24) is 0 Å². The number of aliphatic hydroxyl groups is 1. The number of ether oxygens (including phenoxy) is 1. The van der Waals surface area contributed by atoms with E-state index in [1.54, 1.807) is 6.08 Å². The van der Waals surface area contributed by atoms with Crippen molar-refractivity contribution in [2.75, 3.05) is 36.1 Å². The van der Waals surface area contributed by atoms with Crippen LogP contribution in [0, 0.1) is 11.3 Å². The molecular formula is C18H21N3O3. The van der Waals surface area contributed by atoms with Crippen LogP contribution < -0.4 is 9.80 Å². The predicted octanol–water partition coefficient (Wildman–Crippen LogP) is 2.18. The maximum absolute atomic E-state index is 11.8. The Hall–Kier alpha value is -2.78. The molecule has 24 heavy (non-hydrogen) atoms. The highest BCUT2D eigenvalue weighted by Crippen LogP contribution is 2.40. The minimum Gasteiger partial charge on any atom is -0.459 e. The van der Waals surface area contributed by atoms with Crippen molar-refractivity contribution in [3.63, 3.8) is 0 Å². The van der Waals surface area contributed by atoms with Gasteiger partial charge in [0.15, 0.2) is 0 Å². The monoisotopic (exact) mass is 327 g/mol. The number of anilines is 2. The fourth-order valence-electron chi connectivity index (χ4n) is 2.68. The number of benzene rings is 1. The van der Waals surface area contributed by atoms with Crippen LogP contribution >= 0.6 is 0 Å². The third-order valence-electron chi connectivity index (χ3n) is 3.71. The zero-order valence-corrected chi connectivity index (χ0v) is 13.9. The van der Waals surface area contributed by atoms with Crippen LogP contribution in [-0.4, -0.2) is 37.4 Å². The Kier molecular flexibility index (Phi) is 5.99. The van der Waals surface area contributed by atoms with Gasteiger partial charge in [0.1, 0.15) is 24.1 Å². The number of aliphatic hydroxyl groups excluding tert-OH is 1. The summed E-state index contributed by atoms with van der Waals surface area (Å²) < 4.78 is 4.79. The maximum atomic E-state index is 11.8. The van der Waals surface area contributed by atoms with Crippen molar-refractivity contribution in [1.29, 1.82) is 5.26 Å². The Bertz CT molecular complexity index is 671. The molecule has 0 radical (unpaired) electrons. The molecular weight excluding hydrogens is 306 g/mol. The van der Waals surface area contributed by atoms with E-state index < -0.39 is 5.97 Å². The van der Waals surface area contributed by atoms with Crippen LogP contribution in [0.3, 0.4) is 0 Å². The summed E-state index contributed by atoms with van der Waals surface area (Å²) in [5.74, 6) is 0.175. The van der Waals surface area contributed by atoms with E-state index in [1.165, 1.54) is 6.08 Å². The summed E-state index contributed by atoms with van der Waals surface area (Å²) in [6.07, 6.45) is 3.22. The van der Waals surface area contributed by atoms with Gasteiger partial charge in [0.2, 0.25) is 0 Å². The minimum absolute atomic E-state index is 0.0981. The van der Waals surface area contributed by atoms with Gasteiger partial charge in [0, 0.05) is 13.1 Å². The standard InChI is InChI=1S/C18H21N3O3/c1-3-20-15-7-5-6-8-16(15)21(4-2)17(20)10-9-14(13-19)18(23)24-12-11-22/h5-10,22H,3-4,11-12H2,1-2H3/b14-9+. The van der Waals surface area contributed by atoms with E-state index in [0.717, 1.165) is 30.3 Å². The smallest absolute Gasteiger partial charge is 0.348 e. The van der Waals surface area contributed by atoms with Crippen molar-refractivity contribution in [2.24, 2.45) is 0 Å². The largest absolute Gasteiger partial charge is 0.459 e. The van der Waals surface area contributed by atoms with E-state index in [4.69, 9.17) is 15.1 Å². The summed E-state index contributed by atoms with van der Waals surface area (Å²) in [7, 11) is 0. The Morgan fingerprint density at radius 2 is 1.83 bits per heavy atom. The molecule has 6 heteroatoms. The molecule has 1 aromatic carbocycles. The quantitative estimate of drug-likeness (QED) is 0.490. The molecule has 1 aliphatic heterocycles. The van der Waals surface area contributed by atoms with E-state index in [-0.39, 0.29) is 18.8 Å². The summed E-state index contributed by atoms with van der Waals surface area (Å²) in [4.78, 5) is 16.0. The van der Waals surface area contributed by atoms with E-state index in [2.05, 4.69) is 9.80 Å². The van der Waals surface area contributed by atoms with Crippen LogP contribution in [0.4, 0.5) is 11.4 Å². The van der Waals surface area contributed by atoms with Gasteiger partial charge < -0.3 is 19.6 Å². The van der Waals surface area contributed by atoms with Crippen molar-refractivity contribution in [3.8, 4) is 6.07 Å². The van der Waals surface area contributed by atoms with E-state index in [0.29, 0.717) is 0 Å². The molecule has 0 aliphatic carbocycles. The van der Waals surface area contributed by atoms with Gasteiger partial charge in [-0.2, -0.15) is 5.26 Å². The fraction of sp³-hybridized carbons (Fsp3) is 0.333. The van der Waals surface area contributed by atoms with Crippen LogP contribution in [0.5, 0.6) is 0 Å². The molecule has 0 unspecified atom stereocenters. The lowest BCUT2D eigenvalue weighted by Crippen LogP contribution is -2.28. The van der Waals surface area contributed by atoms with Gasteiger partial charge in [-0.25, -0.2) is 4.79 Å². The number of esters is 1. The molecule has 0 saturated heterocycles. The molecule has 1 heterocycles. The molecule has 126 valence electrons. The van der Waals surface area contributed by atoms with Crippen molar-refractivity contribution in [2.45, 2.75) is 13.8 Å². The van der Waals surface area contributed by atoms with Gasteiger partial charge in [-0.05, 0) is 38.1 Å². The number of carbonyl (C=O) groups excluding carboxylic acids is 1. The lowest BCUT2D eigenvalue weighted by molar-refractivity contribution is -0.139. The second kappa shape index (κ2) is 8.18. The van der Waals surface area contributed by atoms with Gasteiger partial charge in [-0.3, -0.25) is 0 Å². The van der Waals surface area contributed by atoms with Crippen LogP contribution in [0.2, 0.25) is 0 Å². The Balaban J connectivity index is 2.35. The number of carbonyl (C=O) groups is 1.